The van der Waals surface area contributed by atoms with Gasteiger partial charge in [-0.1, -0.05) is 39.0 Å². The van der Waals surface area contributed by atoms with E-state index < -0.39 is 11.9 Å². The number of rotatable bonds is 7. The molecule has 0 saturated carbocycles. The maximum atomic E-state index is 9.10. The van der Waals surface area contributed by atoms with E-state index in [-0.39, 0.29) is 0 Å². The molecule has 0 aliphatic heterocycles. The summed E-state index contributed by atoms with van der Waals surface area (Å²) in [5.74, 6) is -3.65. The highest BCUT2D eigenvalue weighted by atomic mass is 16.4. The summed E-state index contributed by atoms with van der Waals surface area (Å²) >= 11 is 0. The average molecular weight is 261 g/mol. The minimum Gasteiger partial charge on any atom is -0.473 e. The van der Waals surface area contributed by atoms with Crippen LogP contribution in [0.5, 0.6) is 0 Å². The van der Waals surface area contributed by atoms with Crippen molar-refractivity contribution in [2.75, 3.05) is 14.1 Å². The molecule has 1 unspecified atom stereocenters. The lowest BCUT2D eigenvalue weighted by molar-refractivity contribution is -0.159. The first-order chi connectivity index (χ1) is 8.32. The van der Waals surface area contributed by atoms with Gasteiger partial charge in [-0.2, -0.15) is 0 Å². The van der Waals surface area contributed by atoms with Crippen molar-refractivity contribution in [1.82, 2.24) is 4.90 Å². The highest BCUT2D eigenvalue weighted by molar-refractivity contribution is 6.27. The van der Waals surface area contributed by atoms with Crippen LogP contribution in [0.4, 0.5) is 0 Å². The Morgan fingerprint density at radius 2 is 1.44 bits per heavy atom. The van der Waals surface area contributed by atoms with Crippen LogP contribution in [0.2, 0.25) is 0 Å². The summed E-state index contributed by atoms with van der Waals surface area (Å²) in [4.78, 5) is 20.5. The summed E-state index contributed by atoms with van der Waals surface area (Å²) in [5, 5.41) is 14.8. The summed E-state index contributed by atoms with van der Waals surface area (Å²) in [7, 11) is 4.33. The van der Waals surface area contributed by atoms with Gasteiger partial charge in [0.2, 0.25) is 0 Å². The van der Waals surface area contributed by atoms with Gasteiger partial charge in [0.15, 0.2) is 0 Å². The van der Waals surface area contributed by atoms with Crippen LogP contribution in [-0.2, 0) is 9.59 Å². The first kappa shape index (κ1) is 19.2. The third-order valence-corrected chi connectivity index (χ3v) is 2.79. The van der Waals surface area contributed by atoms with Crippen LogP contribution in [0.1, 0.15) is 52.4 Å². The first-order valence-electron chi connectivity index (χ1n) is 6.45. The van der Waals surface area contributed by atoms with E-state index in [0.717, 1.165) is 6.04 Å². The number of carbonyl (C=O) groups is 2. The van der Waals surface area contributed by atoms with Crippen molar-refractivity contribution < 1.29 is 19.8 Å². The zero-order chi connectivity index (χ0) is 14.6. The van der Waals surface area contributed by atoms with E-state index >= 15 is 0 Å². The van der Waals surface area contributed by atoms with Gasteiger partial charge in [-0.25, -0.2) is 9.59 Å². The van der Waals surface area contributed by atoms with Crippen molar-refractivity contribution in [2.24, 2.45) is 0 Å². The van der Waals surface area contributed by atoms with Crippen LogP contribution in [0.3, 0.4) is 0 Å². The van der Waals surface area contributed by atoms with Crippen LogP contribution in [0, 0.1) is 0 Å². The van der Waals surface area contributed by atoms with Gasteiger partial charge in [-0.05, 0) is 27.4 Å². The largest absolute Gasteiger partial charge is 0.473 e. The Kier molecular flexibility index (Phi) is 13.2. The van der Waals surface area contributed by atoms with Crippen molar-refractivity contribution in [3.8, 4) is 0 Å². The van der Waals surface area contributed by atoms with E-state index in [1.807, 2.05) is 0 Å². The van der Waals surface area contributed by atoms with Crippen LogP contribution >= 0.6 is 0 Å². The summed E-state index contributed by atoms with van der Waals surface area (Å²) < 4.78 is 0. The Hall–Kier alpha value is -1.10. The lowest BCUT2D eigenvalue weighted by Gasteiger charge is -2.19. The second-order valence-electron chi connectivity index (χ2n) is 4.63. The third kappa shape index (κ3) is 14.9. The second-order valence-corrected chi connectivity index (χ2v) is 4.63. The predicted octanol–water partition coefficient (Wildman–Crippen LogP) is 2.45. The SMILES string of the molecule is CCCCCCCC(C)N(C)C.O=C(O)C(=O)O. The number of carboxylic acids is 2. The molecule has 0 amide bonds. The summed E-state index contributed by atoms with van der Waals surface area (Å²) in [6.07, 6.45) is 8.37. The molecular weight excluding hydrogens is 234 g/mol. The number of hydrogen-bond donors (Lipinski definition) is 2. The number of carboxylic acid groups (broad SMARTS) is 2. The van der Waals surface area contributed by atoms with E-state index in [4.69, 9.17) is 19.8 Å². The molecule has 0 aromatic heterocycles. The van der Waals surface area contributed by atoms with Gasteiger partial charge in [-0.3, -0.25) is 0 Å². The molecule has 0 heterocycles. The van der Waals surface area contributed by atoms with Crippen molar-refractivity contribution in [1.29, 1.82) is 0 Å². The molecule has 0 bridgehead atoms. The van der Waals surface area contributed by atoms with Crippen LogP contribution in [0.15, 0.2) is 0 Å². The monoisotopic (exact) mass is 261 g/mol. The normalized spacial score (nSPS) is 11.6. The molecule has 0 aliphatic rings. The van der Waals surface area contributed by atoms with E-state index in [0.29, 0.717) is 0 Å². The fourth-order valence-corrected chi connectivity index (χ4v) is 1.30. The van der Waals surface area contributed by atoms with Crippen LogP contribution in [-0.4, -0.2) is 47.2 Å². The third-order valence-electron chi connectivity index (χ3n) is 2.79. The smallest absolute Gasteiger partial charge is 0.414 e. The topological polar surface area (TPSA) is 77.8 Å². The first-order valence-corrected chi connectivity index (χ1v) is 6.45. The zero-order valence-electron chi connectivity index (χ0n) is 12.0. The summed E-state index contributed by atoms with van der Waals surface area (Å²) in [5.41, 5.74) is 0. The van der Waals surface area contributed by atoms with Gasteiger partial charge in [0.25, 0.3) is 0 Å². The molecule has 0 aliphatic carbocycles. The Bertz CT molecular complexity index is 217. The molecule has 0 spiro atoms. The van der Waals surface area contributed by atoms with Gasteiger partial charge in [-0.15, -0.1) is 0 Å². The summed E-state index contributed by atoms with van der Waals surface area (Å²) in [6, 6.07) is 0.756. The molecule has 2 N–H and O–H groups in total. The number of hydrogen-bond acceptors (Lipinski definition) is 3. The maximum Gasteiger partial charge on any atom is 0.414 e. The standard InChI is InChI=1S/C11H25N.C2H2O4/c1-5-6-7-8-9-10-11(2)12(3)4;3-1(4)2(5)6/h11H,5-10H2,1-4H3;(H,3,4)(H,5,6). The zero-order valence-corrected chi connectivity index (χ0v) is 12.0. The number of unbranched alkanes of at least 4 members (excludes halogenated alkanes) is 4. The van der Waals surface area contributed by atoms with E-state index in [9.17, 15) is 0 Å². The molecule has 0 radical (unpaired) electrons. The predicted molar refractivity (Wildman–Crippen MR) is 71.8 cm³/mol. The molecule has 0 fully saturated rings. The van der Waals surface area contributed by atoms with Gasteiger partial charge in [0, 0.05) is 6.04 Å². The van der Waals surface area contributed by atoms with Crippen molar-refractivity contribution in [3.05, 3.63) is 0 Å². The average Bonchev–Trinajstić information content (AvgIpc) is 2.29. The lowest BCUT2D eigenvalue weighted by Crippen LogP contribution is -2.24. The van der Waals surface area contributed by atoms with Gasteiger partial charge in [0.1, 0.15) is 0 Å². The molecule has 1 atom stereocenters. The van der Waals surface area contributed by atoms with E-state index in [1.165, 1.54) is 38.5 Å². The lowest BCUT2D eigenvalue weighted by atomic mass is 10.1. The highest BCUT2D eigenvalue weighted by Crippen LogP contribution is 2.08. The molecule has 5 heteroatoms. The molecule has 0 saturated heterocycles. The molecule has 0 rings (SSSR count). The highest BCUT2D eigenvalue weighted by Gasteiger charge is 2.04. The molecule has 0 aromatic carbocycles. The summed E-state index contributed by atoms with van der Waals surface area (Å²) in [6.45, 7) is 4.57. The van der Waals surface area contributed by atoms with Gasteiger partial charge < -0.3 is 15.1 Å². The fourth-order valence-electron chi connectivity index (χ4n) is 1.30. The quantitative estimate of drug-likeness (QED) is 0.543. The van der Waals surface area contributed by atoms with Gasteiger partial charge in [0.05, 0.1) is 0 Å². The Balaban J connectivity index is 0. The number of aliphatic carboxylic acids is 2. The maximum absolute atomic E-state index is 9.10. The van der Waals surface area contributed by atoms with Gasteiger partial charge >= 0.3 is 11.9 Å². The number of nitrogens with zero attached hydrogens (tertiary/aromatic N) is 1. The molecule has 108 valence electrons. The molecule has 18 heavy (non-hydrogen) atoms. The van der Waals surface area contributed by atoms with Crippen LogP contribution < -0.4 is 0 Å². The molecule has 5 nitrogen and oxygen atoms in total. The Labute approximate surface area is 110 Å². The minimum absolute atomic E-state index is 0.756. The Morgan fingerprint density at radius 3 is 1.78 bits per heavy atom. The molecule has 0 aromatic rings. The van der Waals surface area contributed by atoms with Crippen molar-refractivity contribution in [3.63, 3.8) is 0 Å². The Morgan fingerprint density at radius 1 is 1.00 bits per heavy atom. The van der Waals surface area contributed by atoms with E-state index in [1.54, 1.807) is 0 Å². The fraction of sp³-hybridized carbons (Fsp3) is 0.846. The van der Waals surface area contributed by atoms with Crippen LogP contribution in [0.25, 0.3) is 0 Å². The second kappa shape index (κ2) is 12.4. The van der Waals surface area contributed by atoms with Crippen molar-refractivity contribution in [2.45, 2.75) is 58.4 Å². The molecular formula is C13H27NO4. The minimum atomic E-state index is -1.82. The van der Waals surface area contributed by atoms with E-state index in [2.05, 4.69) is 32.8 Å². The van der Waals surface area contributed by atoms with Crippen molar-refractivity contribution >= 4 is 11.9 Å².